The highest BCUT2D eigenvalue weighted by molar-refractivity contribution is 7.99. The van der Waals surface area contributed by atoms with Gasteiger partial charge < -0.3 is 5.73 Å². The number of aryl methyl sites for hydroxylation is 2. The number of nitrogens with two attached hydrogens (primary N) is 1. The molecule has 0 spiro atoms. The van der Waals surface area contributed by atoms with Crippen LogP contribution in [0.15, 0.2) is 11.0 Å². The number of thioether (sulfide) groups is 1. The van der Waals surface area contributed by atoms with Crippen LogP contribution < -0.4 is 5.73 Å². The molecule has 1 aliphatic carbocycles. The Balaban J connectivity index is 2.16. The number of rotatable bonds is 4. The van der Waals surface area contributed by atoms with E-state index in [1.165, 1.54) is 25.7 Å². The van der Waals surface area contributed by atoms with Gasteiger partial charge in [0.1, 0.15) is 5.84 Å². The summed E-state index contributed by atoms with van der Waals surface area (Å²) < 4.78 is 0. The van der Waals surface area contributed by atoms with E-state index in [9.17, 15) is 0 Å². The summed E-state index contributed by atoms with van der Waals surface area (Å²) in [5.74, 6) is 2.11. The monoisotopic (exact) mass is 263 g/mol. The molecule has 3 N–H and O–H groups in total. The van der Waals surface area contributed by atoms with Crippen LogP contribution in [0.3, 0.4) is 0 Å². The molecule has 18 heavy (non-hydrogen) atoms. The van der Waals surface area contributed by atoms with E-state index in [0.29, 0.717) is 0 Å². The third-order valence-corrected chi connectivity index (χ3v) is 4.78. The van der Waals surface area contributed by atoms with E-state index in [1.54, 1.807) is 0 Å². The second-order valence-corrected chi connectivity index (χ2v) is 6.16. The zero-order valence-corrected chi connectivity index (χ0v) is 11.9. The quantitative estimate of drug-likeness (QED) is 0.498. The maximum Gasteiger partial charge on any atom is 0.125 e. The van der Waals surface area contributed by atoms with Crippen molar-refractivity contribution in [3.8, 4) is 0 Å². The van der Waals surface area contributed by atoms with Gasteiger partial charge in [-0.05, 0) is 38.7 Å². The number of hydrogen-bond donors (Lipinski definition) is 2. The molecular formula is C14H21N3S. The normalized spacial score (nSPS) is 16.1. The molecule has 0 aromatic carbocycles. The lowest BCUT2D eigenvalue weighted by atomic mass is 10.1. The topological polar surface area (TPSA) is 62.8 Å². The van der Waals surface area contributed by atoms with Gasteiger partial charge >= 0.3 is 0 Å². The lowest BCUT2D eigenvalue weighted by Crippen LogP contribution is -2.16. The number of nitrogen functional groups attached to an aromatic ring is 1. The lowest BCUT2D eigenvalue weighted by molar-refractivity contribution is 0.623. The lowest BCUT2D eigenvalue weighted by Gasteiger charge is -2.14. The molecule has 1 saturated carbocycles. The molecule has 0 amide bonds. The largest absolute Gasteiger partial charge is 0.384 e. The minimum atomic E-state index is 0.133. The summed E-state index contributed by atoms with van der Waals surface area (Å²) in [5, 5.41) is 7.70. The van der Waals surface area contributed by atoms with Crippen molar-refractivity contribution >= 4 is 17.6 Å². The number of aromatic nitrogens is 1. The standard InChI is InChI=1S/C14H21N3S/c1-9-7-12(13(14(15)16)10(2)17-9)18-8-11-5-3-4-6-11/h7,11H,3-6,8H2,1-2H3,(H3,15,16). The molecule has 1 aliphatic rings. The van der Waals surface area contributed by atoms with Crippen molar-refractivity contribution in [2.24, 2.45) is 11.7 Å². The van der Waals surface area contributed by atoms with Gasteiger partial charge in [0.15, 0.2) is 0 Å². The first-order valence-electron chi connectivity index (χ1n) is 6.53. The van der Waals surface area contributed by atoms with Crippen LogP contribution in [0.4, 0.5) is 0 Å². The smallest absolute Gasteiger partial charge is 0.125 e. The van der Waals surface area contributed by atoms with E-state index < -0.39 is 0 Å². The Morgan fingerprint density at radius 2 is 2.11 bits per heavy atom. The van der Waals surface area contributed by atoms with Crippen LogP contribution in [0, 0.1) is 25.2 Å². The Bertz CT molecular complexity index is 451. The van der Waals surface area contributed by atoms with E-state index in [0.717, 1.165) is 33.5 Å². The molecule has 3 nitrogen and oxygen atoms in total. The molecule has 2 rings (SSSR count). The van der Waals surface area contributed by atoms with Crippen LogP contribution in [0.1, 0.15) is 42.6 Å². The maximum absolute atomic E-state index is 7.70. The highest BCUT2D eigenvalue weighted by Gasteiger charge is 2.17. The molecule has 1 aromatic heterocycles. The Morgan fingerprint density at radius 3 is 2.72 bits per heavy atom. The molecule has 1 heterocycles. The van der Waals surface area contributed by atoms with Gasteiger partial charge in [-0.1, -0.05) is 12.8 Å². The molecule has 0 unspecified atom stereocenters. The molecule has 0 radical (unpaired) electrons. The van der Waals surface area contributed by atoms with Crippen LogP contribution in [-0.2, 0) is 0 Å². The van der Waals surface area contributed by atoms with Crippen molar-refractivity contribution in [1.82, 2.24) is 4.98 Å². The van der Waals surface area contributed by atoms with Crippen molar-refractivity contribution in [2.75, 3.05) is 5.75 Å². The predicted molar refractivity (Wildman–Crippen MR) is 77.4 cm³/mol. The summed E-state index contributed by atoms with van der Waals surface area (Å²) in [6.45, 7) is 3.93. The van der Waals surface area contributed by atoms with Gasteiger partial charge in [-0.2, -0.15) is 0 Å². The summed E-state index contributed by atoms with van der Waals surface area (Å²) in [7, 11) is 0. The Labute approximate surface area is 113 Å². The van der Waals surface area contributed by atoms with Gasteiger partial charge in [-0.25, -0.2) is 0 Å². The summed E-state index contributed by atoms with van der Waals surface area (Å²) in [4.78, 5) is 5.53. The number of nitrogens with zero attached hydrogens (tertiary/aromatic N) is 1. The Hall–Kier alpha value is -1.03. The van der Waals surface area contributed by atoms with Gasteiger partial charge in [0.2, 0.25) is 0 Å². The van der Waals surface area contributed by atoms with Gasteiger partial charge in [0.25, 0.3) is 0 Å². The first-order valence-corrected chi connectivity index (χ1v) is 7.52. The van der Waals surface area contributed by atoms with Crippen LogP contribution in [0.25, 0.3) is 0 Å². The van der Waals surface area contributed by atoms with Gasteiger partial charge in [0.05, 0.1) is 5.56 Å². The first kappa shape index (κ1) is 13.4. The fraction of sp³-hybridized carbons (Fsp3) is 0.571. The Kier molecular flexibility index (Phi) is 4.27. The molecule has 1 aromatic rings. The van der Waals surface area contributed by atoms with Crippen molar-refractivity contribution < 1.29 is 0 Å². The molecule has 0 saturated heterocycles. The second-order valence-electron chi connectivity index (χ2n) is 5.10. The molecule has 0 aliphatic heterocycles. The maximum atomic E-state index is 7.70. The Morgan fingerprint density at radius 1 is 1.44 bits per heavy atom. The molecular weight excluding hydrogens is 242 g/mol. The van der Waals surface area contributed by atoms with Crippen LogP contribution in [-0.4, -0.2) is 16.6 Å². The third kappa shape index (κ3) is 3.05. The van der Waals surface area contributed by atoms with Gasteiger partial charge in [-0.15, -0.1) is 11.8 Å². The molecule has 98 valence electrons. The zero-order chi connectivity index (χ0) is 13.1. The summed E-state index contributed by atoms with van der Waals surface area (Å²) in [6, 6.07) is 2.06. The average molecular weight is 263 g/mol. The fourth-order valence-electron chi connectivity index (χ4n) is 2.62. The van der Waals surface area contributed by atoms with E-state index in [-0.39, 0.29) is 5.84 Å². The molecule has 1 fully saturated rings. The van der Waals surface area contributed by atoms with Crippen LogP contribution in [0.2, 0.25) is 0 Å². The minimum absolute atomic E-state index is 0.133. The second kappa shape index (κ2) is 5.74. The van der Waals surface area contributed by atoms with E-state index >= 15 is 0 Å². The summed E-state index contributed by atoms with van der Waals surface area (Å²) in [5.41, 5.74) is 8.38. The molecule has 0 atom stereocenters. The zero-order valence-electron chi connectivity index (χ0n) is 11.1. The SMILES string of the molecule is Cc1cc(SCC2CCCC2)c(C(=N)N)c(C)n1. The molecule has 4 heteroatoms. The number of hydrogen-bond acceptors (Lipinski definition) is 3. The minimum Gasteiger partial charge on any atom is -0.384 e. The van der Waals surface area contributed by atoms with Crippen molar-refractivity contribution in [3.05, 3.63) is 23.0 Å². The van der Waals surface area contributed by atoms with E-state index in [1.807, 2.05) is 25.6 Å². The number of pyridine rings is 1. The predicted octanol–water partition coefficient (Wildman–Crippen LogP) is 3.26. The fourth-order valence-corrected chi connectivity index (χ4v) is 4.02. The van der Waals surface area contributed by atoms with Crippen LogP contribution in [0.5, 0.6) is 0 Å². The summed E-state index contributed by atoms with van der Waals surface area (Å²) >= 11 is 1.84. The van der Waals surface area contributed by atoms with Crippen molar-refractivity contribution in [1.29, 1.82) is 5.41 Å². The highest BCUT2D eigenvalue weighted by atomic mass is 32.2. The average Bonchev–Trinajstić information content (AvgIpc) is 2.77. The number of amidine groups is 1. The van der Waals surface area contributed by atoms with Crippen molar-refractivity contribution in [3.63, 3.8) is 0 Å². The highest BCUT2D eigenvalue weighted by Crippen LogP contribution is 2.33. The van der Waals surface area contributed by atoms with E-state index in [2.05, 4.69) is 11.1 Å². The number of nitrogens with one attached hydrogen (secondary N) is 1. The third-order valence-electron chi connectivity index (χ3n) is 3.51. The van der Waals surface area contributed by atoms with Crippen LogP contribution >= 0.6 is 11.8 Å². The molecule has 0 bridgehead atoms. The summed E-state index contributed by atoms with van der Waals surface area (Å²) in [6.07, 6.45) is 5.45. The van der Waals surface area contributed by atoms with E-state index in [4.69, 9.17) is 11.1 Å². The first-order chi connectivity index (χ1) is 8.58. The van der Waals surface area contributed by atoms with Gasteiger partial charge in [0, 0.05) is 22.0 Å². The van der Waals surface area contributed by atoms with Gasteiger partial charge in [-0.3, -0.25) is 10.4 Å². The van der Waals surface area contributed by atoms with Crippen molar-refractivity contribution in [2.45, 2.75) is 44.4 Å².